The predicted octanol–water partition coefficient (Wildman–Crippen LogP) is 1.79. The van der Waals surface area contributed by atoms with E-state index >= 15 is 0 Å². The Bertz CT molecular complexity index is 208. The number of halogens is 4. The van der Waals surface area contributed by atoms with Crippen LogP contribution in [0.3, 0.4) is 0 Å². The molecule has 1 aliphatic heterocycles. The summed E-state index contributed by atoms with van der Waals surface area (Å²) >= 11 is 2.88. The third-order valence-electron chi connectivity index (χ3n) is 1.08. The van der Waals surface area contributed by atoms with Crippen molar-refractivity contribution in [1.29, 1.82) is 0 Å². The van der Waals surface area contributed by atoms with E-state index in [1.807, 2.05) is 0 Å². The van der Waals surface area contributed by atoms with Gasteiger partial charge in [0.15, 0.2) is 6.04 Å². The molecule has 0 aromatic rings. The molecule has 1 N–H and O–H groups in total. The molecule has 0 saturated heterocycles. The summed E-state index contributed by atoms with van der Waals surface area (Å²) < 4.78 is 36.0. The molecule has 2 nitrogen and oxygen atoms in total. The van der Waals surface area contributed by atoms with Gasteiger partial charge in [-0.2, -0.15) is 13.2 Å². The Balaban J connectivity index is 2.74. The Morgan fingerprint density at radius 1 is 1.55 bits per heavy atom. The summed E-state index contributed by atoms with van der Waals surface area (Å²) in [5.41, 5.74) is 0. The van der Waals surface area contributed by atoms with E-state index in [4.69, 9.17) is 0 Å². The molecule has 6 heteroatoms. The number of rotatable bonds is 0. The molecule has 1 heterocycles. The molecule has 62 valence electrons. The minimum Gasteiger partial charge on any atom is -0.341 e. The Labute approximate surface area is 69.3 Å². The Morgan fingerprint density at radius 3 is 2.55 bits per heavy atom. The summed E-state index contributed by atoms with van der Waals surface area (Å²) in [5.74, 6) is 0. The molecule has 0 bridgehead atoms. The monoisotopic (exact) mass is 228 g/mol. The predicted molar refractivity (Wildman–Crippen MR) is 38.5 cm³/mol. The molecule has 0 aromatic carbocycles. The first-order valence-corrected chi connectivity index (χ1v) is 3.51. The van der Waals surface area contributed by atoms with Crippen LogP contribution in [0.15, 0.2) is 15.7 Å². The maximum Gasteiger partial charge on any atom is 0.414 e. The normalized spacial score (nSPS) is 24.4. The van der Waals surface area contributed by atoms with Crippen molar-refractivity contribution in [2.75, 3.05) is 0 Å². The zero-order valence-electron chi connectivity index (χ0n) is 5.19. The van der Waals surface area contributed by atoms with Crippen LogP contribution in [0.4, 0.5) is 13.2 Å². The van der Waals surface area contributed by atoms with Gasteiger partial charge in [-0.1, -0.05) is 0 Å². The second-order valence-corrected chi connectivity index (χ2v) is 2.78. The number of hydrogen-bond donors (Lipinski definition) is 1. The van der Waals surface area contributed by atoms with Crippen molar-refractivity contribution in [3.63, 3.8) is 0 Å². The van der Waals surface area contributed by atoms with Gasteiger partial charge in [0.05, 0.1) is 10.9 Å². The molecule has 11 heavy (non-hydrogen) atoms. The van der Waals surface area contributed by atoms with E-state index in [1.165, 1.54) is 0 Å². The summed E-state index contributed by atoms with van der Waals surface area (Å²) in [6, 6.07) is -1.72. The lowest BCUT2D eigenvalue weighted by molar-refractivity contribution is -0.136. The highest BCUT2D eigenvalue weighted by molar-refractivity contribution is 9.11. The van der Waals surface area contributed by atoms with Crippen LogP contribution in [0.2, 0.25) is 0 Å². The molecule has 0 aromatic heterocycles. The highest BCUT2D eigenvalue weighted by Gasteiger charge is 2.38. The van der Waals surface area contributed by atoms with E-state index in [0.29, 0.717) is 0 Å². The van der Waals surface area contributed by atoms with E-state index < -0.39 is 12.2 Å². The van der Waals surface area contributed by atoms with Crippen molar-refractivity contribution in [2.24, 2.45) is 4.99 Å². The van der Waals surface area contributed by atoms with E-state index in [-0.39, 0.29) is 4.61 Å². The molecule has 0 radical (unpaired) electrons. The van der Waals surface area contributed by atoms with Crippen LogP contribution < -0.4 is 5.32 Å². The van der Waals surface area contributed by atoms with E-state index in [1.54, 1.807) is 0 Å². The minimum absolute atomic E-state index is 0.287. The minimum atomic E-state index is -4.29. The number of hydrogen-bond acceptors (Lipinski definition) is 2. The molecule has 0 saturated carbocycles. The molecule has 1 unspecified atom stereocenters. The fourth-order valence-electron chi connectivity index (χ4n) is 0.588. The zero-order valence-corrected chi connectivity index (χ0v) is 6.78. The molecule has 0 fully saturated rings. The number of alkyl halides is 3. The van der Waals surface area contributed by atoms with Gasteiger partial charge in [-0.05, 0) is 22.0 Å². The second kappa shape index (κ2) is 2.84. The zero-order chi connectivity index (χ0) is 8.48. The van der Waals surface area contributed by atoms with Gasteiger partial charge in [0, 0.05) is 0 Å². The molecular formula is C5H4BrF3N2. The first kappa shape index (κ1) is 8.58. The number of nitrogens with zero attached hydrogens (tertiary/aromatic N) is 1. The standard InChI is InChI=1S/C5H4BrF3N2/c6-4-1-3(5(7,8)9)10-2-11-4/h1-3H,(H,10,11). The van der Waals surface area contributed by atoms with Crippen molar-refractivity contribution in [2.45, 2.75) is 12.2 Å². The van der Waals surface area contributed by atoms with Crippen molar-refractivity contribution in [1.82, 2.24) is 5.32 Å². The summed E-state index contributed by atoms with van der Waals surface area (Å²) in [7, 11) is 0. The molecule has 0 amide bonds. The van der Waals surface area contributed by atoms with Crippen molar-refractivity contribution >= 4 is 22.3 Å². The van der Waals surface area contributed by atoms with Gasteiger partial charge in [0.2, 0.25) is 0 Å². The van der Waals surface area contributed by atoms with Gasteiger partial charge in [0.25, 0.3) is 0 Å². The summed E-state index contributed by atoms with van der Waals surface area (Å²) in [4.78, 5) is 3.18. The van der Waals surface area contributed by atoms with Gasteiger partial charge in [-0.25, -0.2) is 0 Å². The van der Waals surface area contributed by atoms with Crippen molar-refractivity contribution in [3.8, 4) is 0 Å². The van der Waals surface area contributed by atoms with E-state index in [9.17, 15) is 13.2 Å². The molecule has 1 rings (SSSR count). The van der Waals surface area contributed by atoms with Gasteiger partial charge >= 0.3 is 6.18 Å². The van der Waals surface area contributed by atoms with Crippen LogP contribution in [-0.2, 0) is 0 Å². The maximum atomic E-state index is 11.9. The molecule has 1 atom stereocenters. The molecule has 0 spiro atoms. The Kier molecular flexibility index (Phi) is 2.22. The quantitative estimate of drug-likeness (QED) is 0.629. The third-order valence-corrected chi connectivity index (χ3v) is 1.57. The lowest BCUT2D eigenvalue weighted by Gasteiger charge is -2.16. The molecular weight excluding hydrogens is 225 g/mol. The first-order valence-electron chi connectivity index (χ1n) is 2.72. The fourth-order valence-corrected chi connectivity index (χ4v) is 0.941. The fraction of sp³-hybridized carbons (Fsp3) is 0.400. The Morgan fingerprint density at radius 2 is 2.18 bits per heavy atom. The van der Waals surface area contributed by atoms with Crippen LogP contribution in [0, 0.1) is 0 Å². The highest BCUT2D eigenvalue weighted by atomic mass is 79.9. The largest absolute Gasteiger partial charge is 0.414 e. The summed E-state index contributed by atoms with van der Waals surface area (Å²) in [5, 5.41) is 2.47. The van der Waals surface area contributed by atoms with Gasteiger partial charge in [-0.15, -0.1) is 0 Å². The van der Waals surface area contributed by atoms with Gasteiger partial charge < -0.3 is 5.32 Å². The lowest BCUT2D eigenvalue weighted by Crippen LogP contribution is -2.30. The first-order chi connectivity index (χ1) is 5.00. The molecule has 1 aliphatic rings. The smallest absolute Gasteiger partial charge is 0.341 e. The lowest BCUT2D eigenvalue weighted by atomic mass is 10.3. The van der Waals surface area contributed by atoms with Crippen LogP contribution in [-0.4, -0.2) is 18.6 Å². The van der Waals surface area contributed by atoms with Crippen LogP contribution >= 0.6 is 15.9 Å². The van der Waals surface area contributed by atoms with Crippen LogP contribution in [0.1, 0.15) is 0 Å². The van der Waals surface area contributed by atoms with E-state index in [2.05, 4.69) is 26.2 Å². The summed E-state index contributed by atoms with van der Waals surface area (Å²) in [6.07, 6.45) is -2.32. The Hall–Kier alpha value is -0.520. The van der Waals surface area contributed by atoms with Crippen LogP contribution in [0.5, 0.6) is 0 Å². The average molecular weight is 229 g/mol. The third kappa shape index (κ3) is 2.21. The maximum absolute atomic E-state index is 11.9. The van der Waals surface area contributed by atoms with Gasteiger partial charge in [0.1, 0.15) is 0 Å². The SMILES string of the molecule is FC(F)(F)C1C=C(Br)NC=N1. The average Bonchev–Trinajstić information content (AvgIpc) is 1.86. The molecule has 0 aliphatic carbocycles. The van der Waals surface area contributed by atoms with Crippen LogP contribution in [0.25, 0.3) is 0 Å². The number of aliphatic imine (C=N–C) groups is 1. The van der Waals surface area contributed by atoms with Gasteiger partial charge in [-0.3, -0.25) is 4.99 Å². The van der Waals surface area contributed by atoms with Crippen molar-refractivity contribution in [3.05, 3.63) is 10.7 Å². The summed E-state index contributed by atoms with van der Waals surface area (Å²) in [6.45, 7) is 0. The number of nitrogens with one attached hydrogen (secondary N) is 1. The van der Waals surface area contributed by atoms with E-state index in [0.717, 1.165) is 12.4 Å². The topological polar surface area (TPSA) is 24.4 Å². The second-order valence-electron chi connectivity index (χ2n) is 1.92. The highest BCUT2D eigenvalue weighted by Crippen LogP contribution is 2.26. The van der Waals surface area contributed by atoms with Crippen molar-refractivity contribution < 1.29 is 13.2 Å².